The highest BCUT2D eigenvalue weighted by atomic mass is 31.2. The number of allylic oxidation sites excluding steroid dienone is 6. The number of esters is 2. The van der Waals surface area contributed by atoms with Gasteiger partial charge in [0.1, 0.15) is 19.8 Å². The predicted octanol–water partition coefficient (Wildman–Crippen LogP) is 17.6. The van der Waals surface area contributed by atoms with Gasteiger partial charge in [0.15, 0.2) is 6.10 Å². The first-order valence-corrected chi connectivity index (χ1v) is 30.2. The molecule has 0 saturated carbocycles. The first kappa shape index (κ1) is 66.2. The van der Waals surface area contributed by atoms with Gasteiger partial charge < -0.3 is 18.9 Å². The van der Waals surface area contributed by atoms with Crippen LogP contribution in [-0.2, 0) is 32.7 Å². The minimum absolute atomic E-state index is 0.0314. The minimum Gasteiger partial charge on any atom is -0.462 e. The number of rotatable bonds is 53. The van der Waals surface area contributed by atoms with E-state index in [4.69, 9.17) is 18.5 Å². The molecule has 2 unspecified atom stereocenters. The zero-order valence-corrected chi connectivity index (χ0v) is 46.2. The Morgan fingerprint density at radius 1 is 0.456 bits per heavy atom. The number of carbonyl (C=O) groups is 2. The van der Waals surface area contributed by atoms with Crippen LogP contribution < -0.4 is 0 Å². The van der Waals surface area contributed by atoms with E-state index in [-0.39, 0.29) is 32.0 Å². The molecule has 0 radical (unpaired) electrons. The van der Waals surface area contributed by atoms with Crippen molar-refractivity contribution in [2.24, 2.45) is 0 Å². The Bertz CT molecular complexity index is 1250. The number of likely N-dealkylation sites (N-methyl/N-ethyl adjacent to an activating group) is 1. The molecular weight excluding hydrogens is 870 g/mol. The Hall–Kier alpha value is -1.77. The zero-order valence-electron chi connectivity index (χ0n) is 45.4. The maximum Gasteiger partial charge on any atom is 0.472 e. The molecule has 0 aromatic carbocycles. The van der Waals surface area contributed by atoms with Crippen LogP contribution in [0.3, 0.4) is 0 Å². The molecule has 0 aliphatic heterocycles. The van der Waals surface area contributed by atoms with Gasteiger partial charge in [-0.2, -0.15) is 0 Å². The van der Waals surface area contributed by atoms with Gasteiger partial charge >= 0.3 is 19.8 Å². The molecule has 0 fully saturated rings. The van der Waals surface area contributed by atoms with Gasteiger partial charge in [0.25, 0.3) is 0 Å². The Morgan fingerprint density at radius 3 is 1.18 bits per heavy atom. The van der Waals surface area contributed by atoms with E-state index in [9.17, 15) is 19.0 Å². The van der Waals surface area contributed by atoms with E-state index < -0.39 is 26.5 Å². The second-order valence-corrected chi connectivity index (χ2v) is 22.1. The fourth-order valence-corrected chi connectivity index (χ4v) is 8.90. The lowest BCUT2D eigenvalue weighted by Gasteiger charge is -2.24. The number of hydrogen-bond acceptors (Lipinski definition) is 7. The summed E-state index contributed by atoms with van der Waals surface area (Å²) < 4.78 is 34.6. The van der Waals surface area contributed by atoms with Crippen LogP contribution in [0.15, 0.2) is 36.5 Å². The number of hydrogen-bond donors (Lipinski definition) is 1. The molecule has 0 bridgehead atoms. The van der Waals surface area contributed by atoms with Crippen molar-refractivity contribution in [2.75, 3.05) is 47.5 Å². The van der Waals surface area contributed by atoms with Gasteiger partial charge in [0.05, 0.1) is 27.7 Å². The van der Waals surface area contributed by atoms with Gasteiger partial charge in [-0.1, -0.05) is 224 Å². The zero-order chi connectivity index (χ0) is 49.9. The number of ether oxygens (including phenoxy) is 2. The predicted molar refractivity (Wildman–Crippen MR) is 289 cm³/mol. The SMILES string of the molecule is CCCCCCC/C=C\C/C=C\CCCCCCCCCCCC(=O)OC(COC(=O)CCCCCCCCCCCCC/C=C\CCCCCCCCCC)COP(=O)(O)OCC[N+](C)(C)C. The minimum atomic E-state index is -4.38. The van der Waals surface area contributed by atoms with Crippen LogP contribution in [0.2, 0.25) is 0 Å². The largest absolute Gasteiger partial charge is 0.472 e. The molecule has 68 heavy (non-hydrogen) atoms. The van der Waals surface area contributed by atoms with Crippen LogP contribution in [0.4, 0.5) is 0 Å². The molecule has 1 N–H and O–H groups in total. The smallest absolute Gasteiger partial charge is 0.462 e. The summed E-state index contributed by atoms with van der Waals surface area (Å²) in [4.78, 5) is 35.7. The highest BCUT2D eigenvalue weighted by molar-refractivity contribution is 7.47. The molecule has 0 saturated heterocycles. The Balaban J connectivity index is 4.17. The molecule has 9 nitrogen and oxygen atoms in total. The second-order valence-electron chi connectivity index (χ2n) is 20.7. The van der Waals surface area contributed by atoms with Gasteiger partial charge in [-0.3, -0.25) is 18.6 Å². The second kappa shape index (κ2) is 50.2. The van der Waals surface area contributed by atoms with Gasteiger partial charge in [0, 0.05) is 12.8 Å². The van der Waals surface area contributed by atoms with E-state index in [2.05, 4.69) is 50.3 Å². The average molecular weight is 981 g/mol. The summed E-state index contributed by atoms with van der Waals surface area (Å²) in [6.45, 7) is 4.45. The van der Waals surface area contributed by atoms with Gasteiger partial charge in [-0.15, -0.1) is 0 Å². The van der Waals surface area contributed by atoms with Crippen molar-refractivity contribution in [2.45, 2.75) is 277 Å². The van der Waals surface area contributed by atoms with Gasteiger partial charge in [-0.05, 0) is 70.6 Å². The molecule has 400 valence electrons. The first-order chi connectivity index (χ1) is 33.0. The van der Waals surface area contributed by atoms with Crippen LogP contribution in [0.25, 0.3) is 0 Å². The fourth-order valence-electron chi connectivity index (χ4n) is 8.16. The summed E-state index contributed by atoms with van der Waals surface area (Å²) in [5, 5.41) is 0. The van der Waals surface area contributed by atoms with Crippen LogP contribution in [-0.4, -0.2) is 74.9 Å². The lowest BCUT2D eigenvalue weighted by atomic mass is 10.0. The summed E-state index contributed by atoms with van der Waals surface area (Å²) in [6, 6.07) is 0. The van der Waals surface area contributed by atoms with Crippen LogP contribution in [0, 0.1) is 0 Å². The summed E-state index contributed by atoms with van der Waals surface area (Å²) in [7, 11) is 1.48. The standard InChI is InChI=1S/C58H110NO8P/c1-6-8-10-12-14-16-18-20-22-24-26-28-29-31-32-34-36-38-40-42-44-46-48-50-57(60)64-54-56(55-66-68(62,63)65-53-52-59(3,4)5)67-58(61)51-49-47-45-43-41-39-37-35-33-30-27-25-23-21-19-17-15-13-11-9-7-2/h19,21,24-27,56H,6-18,20,22-23,28-55H2,1-5H3/p+1/b21-19-,26-24-,27-25-. The van der Waals surface area contributed by atoms with E-state index in [1.54, 1.807) is 0 Å². The lowest BCUT2D eigenvalue weighted by Crippen LogP contribution is -2.37. The van der Waals surface area contributed by atoms with Crippen molar-refractivity contribution < 1.29 is 42.1 Å². The molecule has 0 rings (SSSR count). The number of phosphoric ester groups is 1. The number of phosphoric acid groups is 1. The van der Waals surface area contributed by atoms with E-state index in [1.165, 1.54) is 193 Å². The van der Waals surface area contributed by atoms with Crippen molar-refractivity contribution in [3.8, 4) is 0 Å². The Morgan fingerprint density at radius 2 is 0.794 bits per heavy atom. The van der Waals surface area contributed by atoms with Gasteiger partial charge in [-0.25, -0.2) is 4.57 Å². The monoisotopic (exact) mass is 981 g/mol. The maximum atomic E-state index is 12.8. The molecule has 0 amide bonds. The van der Waals surface area contributed by atoms with Crippen molar-refractivity contribution in [3.63, 3.8) is 0 Å². The average Bonchev–Trinajstić information content (AvgIpc) is 3.30. The normalized spacial score (nSPS) is 13.6. The first-order valence-electron chi connectivity index (χ1n) is 28.7. The van der Waals surface area contributed by atoms with E-state index >= 15 is 0 Å². The third-order valence-corrected chi connectivity index (χ3v) is 13.6. The quantitative estimate of drug-likeness (QED) is 0.0211. The Kier molecular flexibility index (Phi) is 48.9. The van der Waals surface area contributed by atoms with Crippen LogP contribution in [0.1, 0.15) is 271 Å². The number of nitrogens with zero attached hydrogens (tertiary/aromatic N) is 1. The molecule has 0 spiro atoms. The van der Waals surface area contributed by atoms with E-state index in [0.29, 0.717) is 17.4 Å². The van der Waals surface area contributed by atoms with Gasteiger partial charge in [0.2, 0.25) is 0 Å². The summed E-state index contributed by atoms with van der Waals surface area (Å²) in [5.41, 5.74) is 0. The Labute approximate surface area is 421 Å². The third kappa shape index (κ3) is 53.6. The molecule has 10 heteroatoms. The van der Waals surface area contributed by atoms with Crippen LogP contribution >= 0.6 is 7.82 Å². The molecule has 0 aromatic heterocycles. The molecular formula is C58H111NO8P+. The molecule has 0 heterocycles. The highest BCUT2D eigenvalue weighted by Crippen LogP contribution is 2.43. The van der Waals surface area contributed by atoms with Crippen molar-refractivity contribution in [3.05, 3.63) is 36.5 Å². The molecule has 2 atom stereocenters. The summed E-state index contributed by atoms with van der Waals surface area (Å²) in [5.74, 6) is -0.793. The van der Waals surface area contributed by atoms with Crippen molar-refractivity contribution in [1.29, 1.82) is 0 Å². The topological polar surface area (TPSA) is 108 Å². The molecule has 0 aliphatic rings. The summed E-state index contributed by atoms with van der Waals surface area (Å²) >= 11 is 0. The number of unbranched alkanes of at least 4 members (excludes halogenated alkanes) is 33. The highest BCUT2D eigenvalue weighted by Gasteiger charge is 2.27. The van der Waals surface area contributed by atoms with Crippen molar-refractivity contribution >= 4 is 19.8 Å². The van der Waals surface area contributed by atoms with Crippen LogP contribution in [0.5, 0.6) is 0 Å². The lowest BCUT2D eigenvalue weighted by molar-refractivity contribution is -0.870. The fraction of sp³-hybridized carbons (Fsp3) is 0.862. The number of quaternary nitrogens is 1. The molecule has 0 aliphatic carbocycles. The maximum absolute atomic E-state index is 12.8. The van der Waals surface area contributed by atoms with Crippen molar-refractivity contribution in [1.82, 2.24) is 0 Å². The molecule has 0 aromatic rings. The number of carbonyl (C=O) groups excluding carboxylic acids is 2. The van der Waals surface area contributed by atoms with E-state index in [0.717, 1.165) is 44.9 Å². The van der Waals surface area contributed by atoms with E-state index in [1.807, 2.05) is 21.1 Å². The third-order valence-electron chi connectivity index (χ3n) is 12.6. The summed E-state index contributed by atoms with van der Waals surface area (Å²) in [6.07, 6.45) is 60.6.